The van der Waals surface area contributed by atoms with Crippen molar-refractivity contribution in [3.8, 4) is 0 Å². The SMILES string of the molecule is C=Cc1nc(N)nc(N)n1.O=c1[nH]c(=O)c2[nH]c(=O)[nH]c2[nH]1.[C-]#N. The van der Waals surface area contributed by atoms with E-state index < -0.39 is 16.9 Å². The third kappa shape index (κ3) is 4.39. The topological polar surface area (TPSA) is 229 Å². The summed E-state index contributed by atoms with van der Waals surface area (Å²) >= 11 is 0. The fourth-order valence-electron chi connectivity index (χ4n) is 1.48. The molecule has 3 rings (SSSR count). The Labute approximate surface area is 132 Å². The minimum Gasteiger partial charge on any atom is -0.512 e. The number of aromatic nitrogens is 7. The number of fused-ring (bicyclic) bond motifs is 1. The molecule has 3 aromatic heterocycles. The van der Waals surface area contributed by atoms with Gasteiger partial charge in [-0.1, -0.05) is 6.58 Å². The molecule has 0 atom stereocenters. The summed E-state index contributed by atoms with van der Waals surface area (Å²) in [4.78, 5) is 52.0. The number of hydrogen-bond acceptors (Lipinski definition) is 9. The van der Waals surface area contributed by atoms with E-state index in [1.54, 1.807) is 0 Å². The molecular weight excluding hydrogens is 320 g/mol. The molecule has 8 N–H and O–H groups in total. The average Bonchev–Trinajstić information content (AvgIpc) is 2.89. The highest BCUT2D eigenvalue weighted by Crippen LogP contribution is 1.98. The predicted octanol–water partition coefficient (Wildman–Crippen LogP) is -1.99. The Balaban J connectivity index is 0.000000221. The number of nitrogens with zero attached hydrogens (tertiary/aromatic N) is 4. The Morgan fingerprint density at radius 1 is 0.917 bits per heavy atom. The van der Waals surface area contributed by atoms with E-state index in [0.29, 0.717) is 5.82 Å². The normalized spacial score (nSPS) is 9.25. The van der Waals surface area contributed by atoms with Gasteiger partial charge in [-0.05, 0) is 6.08 Å². The average molecular weight is 331 g/mol. The smallest absolute Gasteiger partial charge is 0.327 e. The zero-order valence-corrected chi connectivity index (χ0v) is 12.0. The second-order valence-corrected chi connectivity index (χ2v) is 3.85. The summed E-state index contributed by atoms with van der Waals surface area (Å²) in [6.07, 6.45) is 1.45. The van der Waals surface area contributed by atoms with Gasteiger partial charge in [0.15, 0.2) is 5.82 Å². The maximum Gasteiger partial charge on any atom is 0.327 e. The molecule has 0 unspecified atom stereocenters. The lowest BCUT2D eigenvalue weighted by Crippen LogP contribution is -2.21. The van der Waals surface area contributed by atoms with Crippen LogP contribution in [-0.2, 0) is 0 Å². The number of anilines is 2. The van der Waals surface area contributed by atoms with Crippen molar-refractivity contribution in [1.82, 2.24) is 34.9 Å². The van der Waals surface area contributed by atoms with Gasteiger partial charge in [0.2, 0.25) is 11.9 Å². The first-order chi connectivity index (χ1) is 11.4. The van der Waals surface area contributed by atoms with Crippen molar-refractivity contribution < 1.29 is 0 Å². The Hall–Kier alpha value is -4.21. The summed E-state index contributed by atoms with van der Waals surface area (Å²) in [7, 11) is 0. The maximum absolute atomic E-state index is 10.9. The molecular formula is C11H11N10O3-. The predicted molar refractivity (Wildman–Crippen MR) is 83.9 cm³/mol. The Bertz CT molecular complexity index is 1020. The van der Waals surface area contributed by atoms with Crippen molar-refractivity contribution >= 4 is 29.1 Å². The summed E-state index contributed by atoms with van der Waals surface area (Å²) in [5.41, 5.74) is 8.84. The first-order valence-corrected chi connectivity index (χ1v) is 5.95. The van der Waals surface area contributed by atoms with E-state index >= 15 is 0 Å². The molecule has 0 bridgehead atoms. The van der Waals surface area contributed by atoms with Crippen LogP contribution >= 0.6 is 0 Å². The third-order valence-electron chi connectivity index (χ3n) is 2.29. The quantitative estimate of drug-likeness (QED) is 0.270. The Morgan fingerprint density at radius 3 is 1.92 bits per heavy atom. The van der Waals surface area contributed by atoms with Crippen LogP contribution in [0.3, 0.4) is 0 Å². The number of nitrogens with two attached hydrogens (primary N) is 2. The van der Waals surface area contributed by atoms with Crippen LogP contribution in [0.1, 0.15) is 5.82 Å². The number of nitrogen functional groups attached to an aromatic ring is 2. The van der Waals surface area contributed by atoms with Crippen molar-refractivity contribution in [2.24, 2.45) is 0 Å². The lowest BCUT2D eigenvalue weighted by atomic mass is 10.5. The molecule has 0 saturated carbocycles. The van der Waals surface area contributed by atoms with Crippen LogP contribution < -0.4 is 28.4 Å². The molecule has 0 aliphatic rings. The standard InChI is InChI=1S/C5H7N5.C5H4N4O3.CN/c1-2-3-8-4(6)10-5(7)9-3;10-3-1-2(7-4(11)6-1)8-5(12)9-3;1-2/h2H,1H2,(H4,6,7,8,9,10);(H4,6,7,8,9,10,11,12);/q;;-1. The second kappa shape index (κ2) is 7.70. The second-order valence-electron chi connectivity index (χ2n) is 3.85. The van der Waals surface area contributed by atoms with Crippen molar-refractivity contribution in [3.63, 3.8) is 0 Å². The molecule has 3 aromatic rings. The van der Waals surface area contributed by atoms with Gasteiger partial charge in [0, 0.05) is 0 Å². The lowest BCUT2D eigenvalue weighted by molar-refractivity contribution is 1.06. The summed E-state index contributed by atoms with van der Waals surface area (Å²) < 4.78 is 0. The van der Waals surface area contributed by atoms with Gasteiger partial charge in [-0.15, -0.1) is 0 Å². The molecule has 13 heteroatoms. The van der Waals surface area contributed by atoms with E-state index in [1.165, 1.54) is 6.08 Å². The molecule has 0 radical (unpaired) electrons. The van der Waals surface area contributed by atoms with E-state index in [0.717, 1.165) is 0 Å². The number of H-pyrrole nitrogens is 4. The third-order valence-corrected chi connectivity index (χ3v) is 2.29. The molecule has 24 heavy (non-hydrogen) atoms. The highest BCUT2D eigenvalue weighted by atomic mass is 16.2. The minimum absolute atomic E-state index is 0.0413. The zero-order valence-electron chi connectivity index (χ0n) is 12.0. The summed E-state index contributed by atoms with van der Waals surface area (Å²) in [6, 6.07) is 0. The van der Waals surface area contributed by atoms with Crippen LogP contribution in [0.4, 0.5) is 11.9 Å². The van der Waals surface area contributed by atoms with E-state index in [4.69, 9.17) is 23.3 Å². The number of aromatic amines is 4. The molecule has 0 spiro atoms. The lowest BCUT2D eigenvalue weighted by Gasteiger charge is -1.94. The van der Waals surface area contributed by atoms with Gasteiger partial charge in [0.25, 0.3) is 5.56 Å². The fraction of sp³-hybridized carbons (Fsp3) is 0. The molecule has 3 heterocycles. The van der Waals surface area contributed by atoms with Crippen LogP contribution in [0.25, 0.3) is 17.2 Å². The van der Waals surface area contributed by atoms with Crippen LogP contribution in [-0.4, -0.2) is 34.9 Å². The van der Waals surface area contributed by atoms with Gasteiger partial charge in [-0.3, -0.25) is 24.7 Å². The summed E-state index contributed by atoms with van der Waals surface area (Å²) in [6.45, 7) is 8.20. The number of imidazole rings is 1. The van der Waals surface area contributed by atoms with Gasteiger partial charge in [0.1, 0.15) is 11.2 Å². The first-order valence-electron chi connectivity index (χ1n) is 5.95. The molecule has 124 valence electrons. The van der Waals surface area contributed by atoms with Gasteiger partial charge < -0.3 is 23.3 Å². The van der Waals surface area contributed by atoms with Crippen LogP contribution in [0, 0.1) is 11.8 Å². The largest absolute Gasteiger partial charge is 0.512 e. The Kier molecular flexibility index (Phi) is 5.72. The van der Waals surface area contributed by atoms with Gasteiger partial charge in [-0.2, -0.15) is 15.0 Å². The van der Waals surface area contributed by atoms with Crippen LogP contribution in [0.15, 0.2) is 21.0 Å². The molecule has 0 aliphatic heterocycles. The Morgan fingerprint density at radius 2 is 1.42 bits per heavy atom. The number of nitrogens with one attached hydrogen (secondary N) is 4. The molecule has 0 aromatic carbocycles. The molecule has 0 saturated heterocycles. The van der Waals surface area contributed by atoms with Crippen molar-refractivity contribution in [2.75, 3.05) is 11.5 Å². The summed E-state index contributed by atoms with van der Waals surface area (Å²) in [5, 5.41) is 6.25. The monoisotopic (exact) mass is 331 g/mol. The number of hydrogen-bond donors (Lipinski definition) is 6. The van der Waals surface area contributed by atoms with Gasteiger partial charge in [0.05, 0.1) is 0 Å². The van der Waals surface area contributed by atoms with E-state index in [-0.39, 0.29) is 23.1 Å². The van der Waals surface area contributed by atoms with Crippen LogP contribution in [0.5, 0.6) is 0 Å². The highest BCUT2D eigenvalue weighted by Gasteiger charge is 2.02. The fourth-order valence-corrected chi connectivity index (χ4v) is 1.48. The molecule has 0 aliphatic carbocycles. The van der Waals surface area contributed by atoms with Gasteiger partial charge >= 0.3 is 11.4 Å². The van der Waals surface area contributed by atoms with Crippen LogP contribution in [0.2, 0.25) is 0 Å². The maximum atomic E-state index is 10.9. The number of rotatable bonds is 1. The van der Waals surface area contributed by atoms with Gasteiger partial charge in [-0.25, -0.2) is 9.59 Å². The zero-order chi connectivity index (χ0) is 18.3. The summed E-state index contributed by atoms with van der Waals surface area (Å²) in [5.74, 6) is 0.620. The minimum atomic E-state index is -0.650. The van der Waals surface area contributed by atoms with Crippen molar-refractivity contribution in [2.45, 2.75) is 0 Å². The van der Waals surface area contributed by atoms with E-state index in [9.17, 15) is 14.4 Å². The van der Waals surface area contributed by atoms with E-state index in [2.05, 4.69) is 36.5 Å². The molecule has 0 fully saturated rings. The molecule has 13 nitrogen and oxygen atoms in total. The van der Waals surface area contributed by atoms with Crippen molar-refractivity contribution in [3.05, 3.63) is 50.3 Å². The van der Waals surface area contributed by atoms with Crippen molar-refractivity contribution in [1.29, 1.82) is 5.26 Å². The highest BCUT2D eigenvalue weighted by molar-refractivity contribution is 5.67. The van der Waals surface area contributed by atoms with E-state index in [1.807, 2.05) is 4.98 Å². The first kappa shape index (κ1) is 17.8. The molecule has 0 amide bonds.